The molecule has 1 aromatic rings. The summed E-state index contributed by atoms with van der Waals surface area (Å²) in [5.41, 5.74) is 0.790. The molecule has 0 amide bonds. The smallest absolute Gasteiger partial charge is 0.338 e. The van der Waals surface area contributed by atoms with Crippen molar-refractivity contribution in [3.05, 3.63) is 47.2 Å². The summed E-state index contributed by atoms with van der Waals surface area (Å²) < 4.78 is 5.78. The van der Waals surface area contributed by atoms with E-state index < -0.39 is 11.6 Å². The van der Waals surface area contributed by atoms with Crippen LogP contribution in [0, 0.1) is 0 Å². The molecule has 0 bridgehead atoms. The van der Waals surface area contributed by atoms with E-state index in [2.05, 4.69) is 0 Å². The molecule has 1 aromatic carbocycles. The summed E-state index contributed by atoms with van der Waals surface area (Å²) in [6.07, 6.45) is 3.23. The fourth-order valence-electron chi connectivity index (χ4n) is 3.85. The fraction of sp³-hybridized carbons (Fsp3) is 0.526. The van der Waals surface area contributed by atoms with Gasteiger partial charge in [0, 0.05) is 12.3 Å². The van der Waals surface area contributed by atoms with Crippen LogP contribution in [-0.4, -0.2) is 27.9 Å². The molecule has 2 N–H and O–H groups in total. The van der Waals surface area contributed by atoms with Gasteiger partial charge in [0.05, 0.1) is 11.7 Å². The molecule has 1 spiro atoms. The summed E-state index contributed by atoms with van der Waals surface area (Å²) in [6, 6.07) is 9.76. The maximum Gasteiger partial charge on any atom is 0.338 e. The van der Waals surface area contributed by atoms with Crippen LogP contribution in [-0.2, 0) is 9.53 Å². The van der Waals surface area contributed by atoms with E-state index in [1.807, 2.05) is 37.3 Å². The topological polar surface area (TPSA) is 66.8 Å². The Bertz CT molecular complexity index is 597. The first-order valence-corrected chi connectivity index (χ1v) is 8.43. The van der Waals surface area contributed by atoms with Crippen molar-refractivity contribution >= 4 is 5.97 Å². The van der Waals surface area contributed by atoms with Crippen LogP contribution in [0.4, 0.5) is 0 Å². The standard InChI is InChI=1S/C19H24O4/c1-2-15(13-6-4-3-5-7-13)17-16(21)12-19(23-18(17)22)10-8-14(20)9-11-19/h3-7,14-15,20-21H,2,8-12H2,1H3/t14?,15-,19?/m1/s1. The zero-order chi connectivity index (χ0) is 16.4. The van der Waals surface area contributed by atoms with Crippen molar-refractivity contribution in [1.82, 2.24) is 0 Å². The number of ether oxygens (including phenoxy) is 1. The lowest BCUT2D eigenvalue weighted by Gasteiger charge is -2.42. The first kappa shape index (κ1) is 16.1. The largest absolute Gasteiger partial charge is 0.512 e. The number of benzene rings is 1. The Labute approximate surface area is 136 Å². The molecular formula is C19H24O4. The molecular weight excluding hydrogens is 292 g/mol. The minimum atomic E-state index is -0.626. The zero-order valence-corrected chi connectivity index (χ0v) is 13.5. The second kappa shape index (κ2) is 6.36. The van der Waals surface area contributed by atoms with Gasteiger partial charge in [0.1, 0.15) is 11.4 Å². The average Bonchev–Trinajstić information content (AvgIpc) is 2.55. The van der Waals surface area contributed by atoms with E-state index in [1.54, 1.807) is 0 Å². The van der Waals surface area contributed by atoms with Crippen LogP contribution >= 0.6 is 0 Å². The summed E-state index contributed by atoms with van der Waals surface area (Å²) in [4.78, 5) is 12.6. The number of carbonyl (C=O) groups excluding carboxylic acids is 1. The molecule has 1 aliphatic carbocycles. The van der Waals surface area contributed by atoms with Crippen LogP contribution in [0.3, 0.4) is 0 Å². The Balaban J connectivity index is 1.89. The van der Waals surface area contributed by atoms with Gasteiger partial charge in [0.25, 0.3) is 0 Å². The van der Waals surface area contributed by atoms with Gasteiger partial charge >= 0.3 is 5.97 Å². The van der Waals surface area contributed by atoms with Gasteiger partial charge in [-0.15, -0.1) is 0 Å². The summed E-state index contributed by atoms with van der Waals surface area (Å²) in [7, 11) is 0. The lowest BCUT2D eigenvalue weighted by atomic mass is 9.76. The predicted octanol–water partition coefficient (Wildman–Crippen LogP) is 3.61. The van der Waals surface area contributed by atoms with Gasteiger partial charge in [-0.3, -0.25) is 0 Å². The highest BCUT2D eigenvalue weighted by atomic mass is 16.6. The molecule has 2 aliphatic rings. The molecule has 1 fully saturated rings. The van der Waals surface area contributed by atoms with Crippen LogP contribution in [0.1, 0.15) is 56.9 Å². The molecule has 0 unspecified atom stereocenters. The highest BCUT2D eigenvalue weighted by Crippen LogP contribution is 2.43. The van der Waals surface area contributed by atoms with Crippen molar-refractivity contribution in [2.24, 2.45) is 0 Å². The molecule has 124 valence electrons. The van der Waals surface area contributed by atoms with Crippen molar-refractivity contribution in [3.8, 4) is 0 Å². The second-order valence-corrected chi connectivity index (χ2v) is 6.71. The summed E-state index contributed by atoms with van der Waals surface area (Å²) in [6.45, 7) is 2.01. The fourth-order valence-corrected chi connectivity index (χ4v) is 3.85. The monoisotopic (exact) mass is 316 g/mol. The maximum absolute atomic E-state index is 12.6. The van der Waals surface area contributed by atoms with E-state index in [1.165, 1.54) is 0 Å². The van der Waals surface area contributed by atoms with Gasteiger partial charge in [0.15, 0.2) is 0 Å². The third-order valence-electron chi connectivity index (χ3n) is 5.15. The molecule has 0 aromatic heterocycles. The third kappa shape index (κ3) is 3.13. The van der Waals surface area contributed by atoms with Crippen molar-refractivity contribution < 1.29 is 19.7 Å². The second-order valence-electron chi connectivity index (χ2n) is 6.71. The number of esters is 1. The number of aliphatic hydroxyl groups excluding tert-OH is 2. The highest BCUT2D eigenvalue weighted by Gasteiger charge is 2.45. The van der Waals surface area contributed by atoms with Gasteiger partial charge in [-0.1, -0.05) is 37.3 Å². The highest BCUT2D eigenvalue weighted by molar-refractivity contribution is 5.92. The number of rotatable bonds is 3. The minimum Gasteiger partial charge on any atom is -0.512 e. The summed E-state index contributed by atoms with van der Waals surface area (Å²) in [5, 5.41) is 20.3. The first-order valence-electron chi connectivity index (χ1n) is 8.43. The molecule has 4 nitrogen and oxygen atoms in total. The average molecular weight is 316 g/mol. The van der Waals surface area contributed by atoms with Crippen LogP contribution in [0.2, 0.25) is 0 Å². The molecule has 23 heavy (non-hydrogen) atoms. The maximum atomic E-state index is 12.6. The Morgan fingerprint density at radius 3 is 2.48 bits per heavy atom. The van der Waals surface area contributed by atoms with E-state index in [-0.39, 0.29) is 17.8 Å². The van der Waals surface area contributed by atoms with E-state index >= 15 is 0 Å². The minimum absolute atomic E-state index is 0.143. The predicted molar refractivity (Wildman–Crippen MR) is 87.0 cm³/mol. The van der Waals surface area contributed by atoms with Crippen LogP contribution in [0.15, 0.2) is 41.7 Å². The number of hydrogen-bond acceptors (Lipinski definition) is 4. The van der Waals surface area contributed by atoms with E-state index in [9.17, 15) is 15.0 Å². The quantitative estimate of drug-likeness (QED) is 0.836. The summed E-state index contributed by atoms with van der Waals surface area (Å²) in [5.74, 6) is -0.385. The Morgan fingerprint density at radius 2 is 1.91 bits per heavy atom. The zero-order valence-electron chi connectivity index (χ0n) is 13.5. The van der Waals surface area contributed by atoms with Gasteiger partial charge in [-0.05, 0) is 37.7 Å². The number of carbonyl (C=O) groups is 1. The van der Waals surface area contributed by atoms with Gasteiger partial charge in [0.2, 0.25) is 0 Å². The van der Waals surface area contributed by atoms with Gasteiger partial charge in [-0.2, -0.15) is 0 Å². The molecule has 3 rings (SSSR count). The lowest BCUT2D eigenvalue weighted by Crippen LogP contribution is -2.44. The van der Waals surface area contributed by atoms with Crippen LogP contribution in [0.5, 0.6) is 0 Å². The first-order chi connectivity index (χ1) is 11.0. The SMILES string of the molecule is CC[C@@H](C1=C(O)CC2(CCC(O)CC2)OC1=O)c1ccccc1. The van der Waals surface area contributed by atoms with Gasteiger partial charge < -0.3 is 14.9 Å². The van der Waals surface area contributed by atoms with Crippen molar-refractivity contribution in [3.63, 3.8) is 0 Å². The van der Waals surface area contributed by atoms with E-state index in [0.717, 1.165) is 12.0 Å². The Kier molecular flexibility index (Phi) is 4.44. The molecule has 1 atom stereocenters. The van der Waals surface area contributed by atoms with Crippen LogP contribution in [0.25, 0.3) is 0 Å². The number of aliphatic hydroxyl groups is 2. The van der Waals surface area contributed by atoms with Crippen molar-refractivity contribution in [2.45, 2.75) is 63.1 Å². The molecule has 1 saturated carbocycles. The molecule has 1 aliphatic heterocycles. The molecule has 4 heteroatoms. The lowest BCUT2D eigenvalue weighted by molar-refractivity contribution is -0.165. The molecule has 1 heterocycles. The Morgan fingerprint density at radius 1 is 1.26 bits per heavy atom. The van der Waals surface area contributed by atoms with Crippen molar-refractivity contribution in [1.29, 1.82) is 0 Å². The Hall–Kier alpha value is -1.81. The summed E-state index contributed by atoms with van der Waals surface area (Å²) >= 11 is 0. The molecule has 0 radical (unpaired) electrons. The third-order valence-corrected chi connectivity index (χ3v) is 5.15. The normalized spacial score (nSPS) is 29.5. The van der Waals surface area contributed by atoms with Crippen molar-refractivity contribution in [2.75, 3.05) is 0 Å². The molecule has 0 saturated heterocycles. The number of hydrogen-bond donors (Lipinski definition) is 2. The van der Waals surface area contributed by atoms with Gasteiger partial charge in [-0.25, -0.2) is 4.79 Å². The van der Waals surface area contributed by atoms with E-state index in [4.69, 9.17) is 4.74 Å². The van der Waals surface area contributed by atoms with Crippen LogP contribution < -0.4 is 0 Å². The van der Waals surface area contributed by atoms with E-state index in [0.29, 0.717) is 37.7 Å².